The molecule has 1 heterocycles. The summed E-state index contributed by atoms with van der Waals surface area (Å²) >= 11 is 0. The van der Waals surface area contributed by atoms with E-state index in [0.717, 1.165) is 18.9 Å². The Balaban J connectivity index is 2.27. The molecule has 2 nitrogen and oxygen atoms in total. The van der Waals surface area contributed by atoms with Crippen molar-refractivity contribution in [3.05, 3.63) is 35.1 Å². The summed E-state index contributed by atoms with van der Waals surface area (Å²) in [5.41, 5.74) is 0.451. The van der Waals surface area contributed by atoms with Gasteiger partial charge in [0.2, 0.25) is 0 Å². The molecule has 4 heteroatoms. The molecule has 1 atom stereocenters. The van der Waals surface area contributed by atoms with Gasteiger partial charge in [0.1, 0.15) is 12.5 Å². The minimum atomic E-state index is -0.756. The van der Waals surface area contributed by atoms with Crippen LogP contribution in [-0.2, 0) is 6.67 Å². The third kappa shape index (κ3) is 2.46. The monoisotopic (exact) mass is 239 g/mol. The molecule has 1 saturated heterocycles. The molecule has 2 rings (SSSR count). The number of likely N-dealkylation sites (tertiary alicyclic amines) is 1. The highest BCUT2D eigenvalue weighted by molar-refractivity contribution is 5.94. The van der Waals surface area contributed by atoms with Crippen molar-refractivity contribution in [2.75, 3.05) is 6.54 Å². The maximum atomic E-state index is 13.2. The predicted octanol–water partition coefficient (Wildman–Crippen LogP) is 2.92. The largest absolute Gasteiger partial charge is 0.336 e. The molecule has 0 radical (unpaired) electrons. The number of carbonyl (C=O) groups is 1. The lowest BCUT2D eigenvalue weighted by molar-refractivity contribution is 0.0747. The van der Waals surface area contributed by atoms with E-state index < -0.39 is 12.5 Å². The molecule has 1 aromatic carbocycles. The lowest BCUT2D eigenvalue weighted by Gasteiger charge is -2.21. The quantitative estimate of drug-likeness (QED) is 0.777. The second-order valence-electron chi connectivity index (χ2n) is 4.47. The summed E-state index contributed by atoms with van der Waals surface area (Å²) in [5.74, 6) is -0.764. The minimum Gasteiger partial charge on any atom is -0.336 e. The zero-order valence-electron chi connectivity index (χ0n) is 9.75. The smallest absolute Gasteiger partial charge is 0.254 e. The highest BCUT2D eigenvalue weighted by Gasteiger charge is 2.26. The van der Waals surface area contributed by atoms with Crippen molar-refractivity contribution < 1.29 is 13.6 Å². The van der Waals surface area contributed by atoms with Crippen LogP contribution < -0.4 is 0 Å². The number of nitrogens with zero attached hydrogens (tertiary/aromatic N) is 1. The Labute approximate surface area is 99.2 Å². The Kier molecular flexibility index (Phi) is 3.41. The van der Waals surface area contributed by atoms with Crippen molar-refractivity contribution in [2.24, 2.45) is 0 Å². The van der Waals surface area contributed by atoms with Crippen LogP contribution in [0.15, 0.2) is 18.2 Å². The summed E-state index contributed by atoms with van der Waals surface area (Å²) in [6.07, 6.45) is 1.94. The summed E-state index contributed by atoms with van der Waals surface area (Å²) in [7, 11) is 0. The van der Waals surface area contributed by atoms with E-state index in [1.165, 1.54) is 12.1 Å². The van der Waals surface area contributed by atoms with Crippen LogP contribution >= 0.6 is 0 Å². The molecule has 1 fully saturated rings. The average molecular weight is 239 g/mol. The maximum absolute atomic E-state index is 13.2. The number of amides is 1. The van der Waals surface area contributed by atoms with Gasteiger partial charge in [0, 0.05) is 18.2 Å². The van der Waals surface area contributed by atoms with E-state index in [9.17, 15) is 13.6 Å². The molecule has 0 aliphatic carbocycles. The molecule has 0 bridgehead atoms. The number of alkyl halides is 1. The number of hydrogen-bond acceptors (Lipinski definition) is 1. The van der Waals surface area contributed by atoms with Crippen LogP contribution in [0.2, 0.25) is 0 Å². The molecular weight excluding hydrogens is 224 g/mol. The Morgan fingerprint density at radius 1 is 1.47 bits per heavy atom. The van der Waals surface area contributed by atoms with Crippen LogP contribution in [-0.4, -0.2) is 23.4 Å². The van der Waals surface area contributed by atoms with Crippen LogP contribution in [0.4, 0.5) is 8.78 Å². The number of benzene rings is 1. The number of carbonyl (C=O) groups excluding carboxylic acids is 1. The van der Waals surface area contributed by atoms with Crippen LogP contribution in [0.1, 0.15) is 35.7 Å². The Morgan fingerprint density at radius 3 is 2.82 bits per heavy atom. The van der Waals surface area contributed by atoms with Gasteiger partial charge in [-0.15, -0.1) is 0 Å². The second kappa shape index (κ2) is 4.82. The predicted molar refractivity (Wildman–Crippen MR) is 60.9 cm³/mol. The van der Waals surface area contributed by atoms with Gasteiger partial charge in [-0.25, -0.2) is 8.78 Å². The minimum absolute atomic E-state index is 0.180. The first-order valence-electron chi connectivity index (χ1n) is 5.78. The Bertz CT molecular complexity index is 433. The van der Waals surface area contributed by atoms with Crippen molar-refractivity contribution in [2.45, 2.75) is 32.5 Å². The fourth-order valence-corrected chi connectivity index (χ4v) is 2.25. The summed E-state index contributed by atoms with van der Waals surface area (Å²) < 4.78 is 25.7. The van der Waals surface area contributed by atoms with Gasteiger partial charge < -0.3 is 4.90 Å². The summed E-state index contributed by atoms with van der Waals surface area (Å²) in [6, 6.07) is 3.90. The van der Waals surface area contributed by atoms with Crippen LogP contribution in [0.5, 0.6) is 0 Å². The van der Waals surface area contributed by atoms with E-state index in [-0.39, 0.29) is 23.1 Å². The van der Waals surface area contributed by atoms with Gasteiger partial charge in [-0.3, -0.25) is 4.79 Å². The SMILES string of the molecule is CC1CCCN1C(=O)c1cc(F)cc(CF)c1. The highest BCUT2D eigenvalue weighted by Crippen LogP contribution is 2.20. The third-order valence-electron chi connectivity index (χ3n) is 3.17. The molecule has 1 aliphatic rings. The number of hydrogen-bond donors (Lipinski definition) is 0. The Hall–Kier alpha value is -1.45. The van der Waals surface area contributed by atoms with Gasteiger partial charge in [0.25, 0.3) is 5.91 Å². The molecule has 1 aliphatic heterocycles. The topological polar surface area (TPSA) is 20.3 Å². The van der Waals surface area contributed by atoms with E-state index in [2.05, 4.69) is 0 Å². The van der Waals surface area contributed by atoms with Crippen molar-refractivity contribution in [1.82, 2.24) is 4.90 Å². The zero-order chi connectivity index (χ0) is 12.4. The van der Waals surface area contributed by atoms with E-state index in [1.807, 2.05) is 6.92 Å². The Morgan fingerprint density at radius 2 is 2.24 bits per heavy atom. The van der Waals surface area contributed by atoms with Gasteiger partial charge in [-0.1, -0.05) is 0 Å². The lowest BCUT2D eigenvalue weighted by Crippen LogP contribution is -2.33. The molecule has 0 spiro atoms. The van der Waals surface area contributed by atoms with E-state index in [1.54, 1.807) is 4.90 Å². The first-order valence-corrected chi connectivity index (χ1v) is 5.78. The van der Waals surface area contributed by atoms with Crippen LogP contribution in [0, 0.1) is 5.82 Å². The molecule has 1 amide bonds. The standard InChI is InChI=1S/C13H15F2NO/c1-9-3-2-4-16(9)13(17)11-5-10(8-14)6-12(15)7-11/h5-7,9H,2-4,8H2,1H3. The van der Waals surface area contributed by atoms with Gasteiger partial charge in [-0.2, -0.15) is 0 Å². The second-order valence-corrected chi connectivity index (χ2v) is 4.47. The summed E-state index contributed by atoms with van der Waals surface area (Å²) in [4.78, 5) is 13.8. The van der Waals surface area contributed by atoms with E-state index in [4.69, 9.17) is 0 Å². The molecular formula is C13H15F2NO. The molecule has 0 N–H and O–H groups in total. The summed E-state index contributed by atoms with van der Waals surface area (Å²) in [5, 5.41) is 0. The van der Waals surface area contributed by atoms with Gasteiger partial charge in [-0.05, 0) is 43.5 Å². The molecule has 0 saturated carbocycles. The van der Waals surface area contributed by atoms with Gasteiger partial charge >= 0.3 is 0 Å². The zero-order valence-corrected chi connectivity index (χ0v) is 9.75. The number of rotatable bonds is 2. The highest BCUT2D eigenvalue weighted by atomic mass is 19.1. The molecule has 0 aromatic heterocycles. The van der Waals surface area contributed by atoms with Crippen molar-refractivity contribution in [1.29, 1.82) is 0 Å². The molecule has 92 valence electrons. The fraction of sp³-hybridized carbons (Fsp3) is 0.462. The van der Waals surface area contributed by atoms with Gasteiger partial charge in [0.15, 0.2) is 0 Å². The lowest BCUT2D eigenvalue weighted by atomic mass is 10.1. The van der Waals surface area contributed by atoms with Crippen LogP contribution in [0.25, 0.3) is 0 Å². The maximum Gasteiger partial charge on any atom is 0.254 e. The molecule has 1 unspecified atom stereocenters. The molecule has 1 aromatic rings. The van der Waals surface area contributed by atoms with E-state index >= 15 is 0 Å². The van der Waals surface area contributed by atoms with Crippen molar-refractivity contribution in [3.63, 3.8) is 0 Å². The fourth-order valence-electron chi connectivity index (χ4n) is 2.25. The summed E-state index contributed by atoms with van der Waals surface area (Å²) in [6.45, 7) is 1.91. The van der Waals surface area contributed by atoms with Gasteiger partial charge in [0.05, 0.1) is 0 Å². The van der Waals surface area contributed by atoms with Crippen molar-refractivity contribution >= 4 is 5.91 Å². The average Bonchev–Trinajstić information content (AvgIpc) is 2.73. The normalized spacial score (nSPS) is 19.7. The van der Waals surface area contributed by atoms with E-state index in [0.29, 0.717) is 6.54 Å². The first-order chi connectivity index (χ1) is 8.11. The molecule has 17 heavy (non-hydrogen) atoms. The first kappa shape index (κ1) is 12.0. The third-order valence-corrected chi connectivity index (χ3v) is 3.17. The number of halogens is 2. The van der Waals surface area contributed by atoms with Crippen molar-refractivity contribution in [3.8, 4) is 0 Å². The van der Waals surface area contributed by atoms with Crippen LogP contribution in [0.3, 0.4) is 0 Å².